The maximum atomic E-state index is 12.5. The number of carbonyl (C=O) groups is 1. The van der Waals surface area contributed by atoms with Crippen molar-refractivity contribution in [2.75, 3.05) is 20.7 Å². The smallest absolute Gasteiger partial charge is 0.434 e. The largest absolute Gasteiger partial charge is 0.465 e. The summed E-state index contributed by atoms with van der Waals surface area (Å²) in [6.45, 7) is 0.863. The van der Waals surface area contributed by atoms with Crippen LogP contribution in [0.2, 0.25) is 0 Å². The van der Waals surface area contributed by atoms with E-state index in [0.29, 0.717) is 36.0 Å². The summed E-state index contributed by atoms with van der Waals surface area (Å²) in [6, 6.07) is 6.92. The zero-order valence-electron chi connectivity index (χ0n) is 14.8. The van der Waals surface area contributed by atoms with Crippen molar-refractivity contribution >= 4 is 23.3 Å². The second-order valence-electron chi connectivity index (χ2n) is 5.42. The molecule has 0 saturated carbocycles. The first-order chi connectivity index (χ1) is 12.8. The molecule has 146 valence electrons. The van der Waals surface area contributed by atoms with Crippen LogP contribution in [0.3, 0.4) is 0 Å². The number of esters is 1. The summed E-state index contributed by atoms with van der Waals surface area (Å²) < 4.78 is 42.2. The maximum absolute atomic E-state index is 12.5. The van der Waals surface area contributed by atoms with Gasteiger partial charge in [0.2, 0.25) is 0 Å². The van der Waals surface area contributed by atoms with E-state index in [1.807, 2.05) is 0 Å². The van der Waals surface area contributed by atoms with Crippen LogP contribution < -0.4 is 10.6 Å². The van der Waals surface area contributed by atoms with E-state index < -0.39 is 17.8 Å². The Morgan fingerprint density at radius 2 is 1.96 bits per heavy atom. The van der Waals surface area contributed by atoms with Gasteiger partial charge in [-0.1, -0.05) is 12.1 Å². The second kappa shape index (κ2) is 9.36. The standard InChI is InChI=1S/C17H19F3N4O2S/c1-21-16(22-8-7-14-24-13(10-27-14)17(18,19)20)23-9-11-3-5-12(6-4-11)15(25)26-2/h3-6,10H,7-9H2,1-2H3,(H2,21,22,23). The zero-order chi connectivity index (χ0) is 19.9. The van der Waals surface area contributed by atoms with Crippen LogP contribution in [0.5, 0.6) is 0 Å². The van der Waals surface area contributed by atoms with E-state index in [1.165, 1.54) is 7.11 Å². The molecular formula is C17H19F3N4O2S. The Morgan fingerprint density at radius 1 is 1.26 bits per heavy atom. The van der Waals surface area contributed by atoms with Crippen LogP contribution in [-0.2, 0) is 23.9 Å². The molecule has 0 spiro atoms. The van der Waals surface area contributed by atoms with Crippen molar-refractivity contribution in [1.29, 1.82) is 0 Å². The molecule has 2 N–H and O–H groups in total. The first kappa shape index (κ1) is 20.7. The van der Waals surface area contributed by atoms with Gasteiger partial charge in [0.05, 0.1) is 17.7 Å². The highest BCUT2D eigenvalue weighted by molar-refractivity contribution is 7.09. The minimum atomic E-state index is -4.41. The van der Waals surface area contributed by atoms with Crippen LogP contribution in [-0.4, -0.2) is 37.6 Å². The average Bonchev–Trinajstić information content (AvgIpc) is 3.13. The van der Waals surface area contributed by atoms with Crippen LogP contribution in [0.15, 0.2) is 34.6 Å². The lowest BCUT2D eigenvalue weighted by molar-refractivity contribution is -0.140. The van der Waals surface area contributed by atoms with Crippen LogP contribution >= 0.6 is 11.3 Å². The molecule has 6 nitrogen and oxygen atoms in total. The topological polar surface area (TPSA) is 75.6 Å². The normalized spacial score (nSPS) is 12.0. The molecular weight excluding hydrogens is 381 g/mol. The van der Waals surface area contributed by atoms with Gasteiger partial charge in [0, 0.05) is 31.9 Å². The van der Waals surface area contributed by atoms with Crippen LogP contribution in [0.4, 0.5) is 13.2 Å². The number of rotatable bonds is 6. The minimum Gasteiger partial charge on any atom is -0.465 e. The molecule has 1 heterocycles. The molecule has 0 radical (unpaired) electrons. The molecule has 27 heavy (non-hydrogen) atoms. The first-order valence-corrected chi connectivity index (χ1v) is 8.85. The highest BCUT2D eigenvalue weighted by Gasteiger charge is 2.33. The number of carbonyl (C=O) groups excluding carboxylic acids is 1. The van der Waals surface area contributed by atoms with E-state index in [1.54, 1.807) is 31.3 Å². The Kier molecular flexibility index (Phi) is 7.17. The molecule has 0 bridgehead atoms. The van der Waals surface area contributed by atoms with Crippen molar-refractivity contribution in [1.82, 2.24) is 15.6 Å². The van der Waals surface area contributed by atoms with Gasteiger partial charge in [-0.3, -0.25) is 4.99 Å². The molecule has 0 aliphatic rings. The summed E-state index contributed by atoms with van der Waals surface area (Å²) in [5, 5.41) is 7.54. The third-order valence-electron chi connectivity index (χ3n) is 3.53. The van der Waals surface area contributed by atoms with Gasteiger partial charge in [0.15, 0.2) is 11.7 Å². The van der Waals surface area contributed by atoms with Crippen LogP contribution in [0, 0.1) is 0 Å². The van der Waals surface area contributed by atoms with Gasteiger partial charge in [-0.05, 0) is 17.7 Å². The summed E-state index contributed by atoms with van der Waals surface area (Å²) in [5.74, 6) is 0.113. The van der Waals surface area contributed by atoms with Crippen molar-refractivity contribution in [3.63, 3.8) is 0 Å². The highest BCUT2D eigenvalue weighted by Crippen LogP contribution is 2.29. The molecule has 0 saturated heterocycles. The summed E-state index contributed by atoms with van der Waals surface area (Å²) in [6.07, 6.45) is -4.06. The van der Waals surface area contributed by atoms with Crippen molar-refractivity contribution in [2.24, 2.45) is 4.99 Å². The maximum Gasteiger partial charge on any atom is 0.434 e. The number of aromatic nitrogens is 1. The van der Waals surface area contributed by atoms with E-state index in [0.717, 1.165) is 22.3 Å². The molecule has 0 aliphatic carbocycles. The van der Waals surface area contributed by atoms with Gasteiger partial charge in [-0.15, -0.1) is 11.3 Å². The number of halogens is 3. The Labute approximate surface area is 158 Å². The average molecular weight is 400 g/mol. The number of nitrogens with zero attached hydrogens (tertiary/aromatic N) is 2. The summed E-state index contributed by atoms with van der Waals surface area (Å²) in [5.41, 5.74) is 0.534. The molecule has 0 unspecified atom stereocenters. The van der Waals surface area contributed by atoms with E-state index in [4.69, 9.17) is 0 Å². The summed E-state index contributed by atoms with van der Waals surface area (Å²) in [7, 11) is 2.92. The quantitative estimate of drug-likeness (QED) is 0.443. The first-order valence-electron chi connectivity index (χ1n) is 7.97. The fraction of sp³-hybridized carbons (Fsp3) is 0.353. The molecule has 0 amide bonds. The number of aliphatic imine (C=N–C) groups is 1. The fourth-order valence-corrected chi connectivity index (χ4v) is 2.93. The van der Waals surface area contributed by atoms with Crippen LogP contribution in [0.1, 0.15) is 26.6 Å². The molecule has 0 aliphatic heterocycles. The number of thiazole rings is 1. The molecule has 1 aromatic heterocycles. The number of guanidine groups is 1. The molecule has 0 fully saturated rings. The fourth-order valence-electron chi connectivity index (χ4n) is 2.13. The monoisotopic (exact) mass is 400 g/mol. The third kappa shape index (κ3) is 6.24. The lowest BCUT2D eigenvalue weighted by Gasteiger charge is -2.11. The molecule has 2 rings (SSSR count). The number of nitrogens with one attached hydrogen (secondary N) is 2. The van der Waals surface area contributed by atoms with E-state index in [2.05, 4.69) is 25.3 Å². The van der Waals surface area contributed by atoms with Gasteiger partial charge in [0.25, 0.3) is 0 Å². The molecule has 0 atom stereocenters. The van der Waals surface area contributed by atoms with Crippen molar-refractivity contribution < 1.29 is 22.7 Å². The van der Waals surface area contributed by atoms with E-state index in [9.17, 15) is 18.0 Å². The predicted molar refractivity (Wildman–Crippen MR) is 96.8 cm³/mol. The van der Waals surface area contributed by atoms with Crippen molar-refractivity contribution in [2.45, 2.75) is 19.1 Å². The van der Waals surface area contributed by atoms with Gasteiger partial charge in [-0.2, -0.15) is 13.2 Å². The molecule has 1 aromatic carbocycles. The summed E-state index contributed by atoms with van der Waals surface area (Å²) >= 11 is 0.982. The lowest BCUT2D eigenvalue weighted by Crippen LogP contribution is -2.37. The third-order valence-corrected chi connectivity index (χ3v) is 4.44. The van der Waals surface area contributed by atoms with Crippen molar-refractivity contribution in [3.05, 3.63) is 51.5 Å². The number of ether oxygens (including phenoxy) is 1. The summed E-state index contributed by atoms with van der Waals surface area (Å²) in [4.78, 5) is 19.0. The van der Waals surface area contributed by atoms with Gasteiger partial charge < -0.3 is 15.4 Å². The van der Waals surface area contributed by atoms with Gasteiger partial charge in [0.1, 0.15) is 0 Å². The number of alkyl halides is 3. The Hall–Kier alpha value is -2.62. The highest BCUT2D eigenvalue weighted by atomic mass is 32.1. The Bertz CT molecular complexity index is 788. The number of benzene rings is 1. The minimum absolute atomic E-state index is 0.356. The van der Waals surface area contributed by atoms with Gasteiger partial charge >= 0.3 is 12.1 Å². The number of hydrogen-bond acceptors (Lipinski definition) is 5. The number of hydrogen-bond donors (Lipinski definition) is 2. The van der Waals surface area contributed by atoms with E-state index in [-0.39, 0.29) is 0 Å². The predicted octanol–water partition coefficient (Wildman–Crippen LogP) is 2.86. The molecule has 2 aromatic rings. The SMILES string of the molecule is CN=C(NCCc1nc(C(F)(F)F)cs1)NCc1ccc(C(=O)OC)cc1. The van der Waals surface area contributed by atoms with Crippen molar-refractivity contribution in [3.8, 4) is 0 Å². The Balaban J connectivity index is 1.79. The van der Waals surface area contributed by atoms with Crippen LogP contribution in [0.25, 0.3) is 0 Å². The van der Waals surface area contributed by atoms with Gasteiger partial charge in [-0.25, -0.2) is 9.78 Å². The Morgan fingerprint density at radius 3 is 2.52 bits per heavy atom. The number of methoxy groups -OCH3 is 1. The molecule has 10 heteroatoms. The zero-order valence-corrected chi connectivity index (χ0v) is 15.6. The lowest BCUT2D eigenvalue weighted by atomic mass is 10.1. The van der Waals surface area contributed by atoms with E-state index >= 15 is 0 Å². The second-order valence-corrected chi connectivity index (χ2v) is 6.36.